The SMILES string of the molecule is C[C@]1(NC(=O)CNc2ccccc2OCC(F)(F)F)CCS(=O)(=O)C1. The highest BCUT2D eigenvalue weighted by Crippen LogP contribution is 2.26. The molecular formula is C15H19F3N2O4S. The zero-order valence-corrected chi connectivity index (χ0v) is 14.3. The number of halogens is 3. The van der Waals surface area contributed by atoms with Crippen molar-refractivity contribution in [3.63, 3.8) is 0 Å². The molecule has 0 saturated carbocycles. The van der Waals surface area contributed by atoms with Crippen molar-refractivity contribution >= 4 is 21.4 Å². The standard InChI is InChI=1S/C15H19F3N2O4S/c1-14(6-7-25(22,23)10-14)20-13(21)8-19-11-4-2-3-5-12(11)24-9-15(16,17)18/h2-5,19H,6-10H2,1H3,(H,20,21)/t14-/m0/s1. The van der Waals surface area contributed by atoms with E-state index < -0.39 is 34.1 Å². The van der Waals surface area contributed by atoms with Crippen molar-refractivity contribution in [3.05, 3.63) is 24.3 Å². The van der Waals surface area contributed by atoms with Gasteiger partial charge in [0.15, 0.2) is 16.4 Å². The fourth-order valence-electron chi connectivity index (χ4n) is 2.56. The fraction of sp³-hybridized carbons (Fsp3) is 0.533. The van der Waals surface area contributed by atoms with Gasteiger partial charge in [-0.2, -0.15) is 13.2 Å². The number of carbonyl (C=O) groups excluding carboxylic acids is 1. The van der Waals surface area contributed by atoms with Crippen LogP contribution < -0.4 is 15.4 Å². The van der Waals surface area contributed by atoms with Gasteiger partial charge < -0.3 is 15.4 Å². The van der Waals surface area contributed by atoms with E-state index in [4.69, 9.17) is 4.74 Å². The topological polar surface area (TPSA) is 84.5 Å². The van der Waals surface area contributed by atoms with Gasteiger partial charge in [-0.25, -0.2) is 8.42 Å². The Morgan fingerprint density at radius 3 is 2.60 bits per heavy atom. The molecule has 2 N–H and O–H groups in total. The number of benzene rings is 1. The largest absolute Gasteiger partial charge is 0.482 e. The first-order valence-electron chi connectivity index (χ1n) is 7.52. The third-order valence-electron chi connectivity index (χ3n) is 3.66. The summed E-state index contributed by atoms with van der Waals surface area (Å²) in [6, 6.07) is 5.95. The van der Waals surface area contributed by atoms with Gasteiger partial charge in [0.1, 0.15) is 5.75 Å². The molecule has 6 nitrogen and oxygen atoms in total. The molecule has 1 saturated heterocycles. The number of alkyl halides is 3. The van der Waals surface area contributed by atoms with Gasteiger partial charge in [0.05, 0.1) is 29.3 Å². The molecule has 1 atom stereocenters. The van der Waals surface area contributed by atoms with Gasteiger partial charge in [-0.3, -0.25) is 4.79 Å². The Balaban J connectivity index is 1.92. The number of anilines is 1. The number of rotatable bonds is 6. The number of para-hydroxylation sites is 2. The molecule has 2 rings (SSSR count). The van der Waals surface area contributed by atoms with Gasteiger partial charge in [-0.05, 0) is 25.5 Å². The first-order valence-corrected chi connectivity index (χ1v) is 9.34. The monoisotopic (exact) mass is 380 g/mol. The van der Waals surface area contributed by atoms with Crippen LogP contribution in [0.25, 0.3) is 0 Å². The zero-order chi connectivity index (χ0) is 18.7. The maximum Gasteiger partial charge on any atom is 0.422 e. The van der Waals surface area contributed by atoms with E-state index in [1.165, 1.54) is 18.2 Å². The highest BCUT2D eigenvalue weighted by molar-refractivity contribution is 7.91. The zero-order valence-electron chi connectivity index (χ0n) is 13.5. The van der Waals surface area contributed by atoms with Crippen LogP contribution in [0.4, 0.5) is 18.9 Å². The highest BCUT2D eigenvalue weighted by Gasteiger charge is 2.39. The molecule has 0 unspecified atom stereocenters. The number of amides is 1. The molecule has 0 aliphatic carbocycles. The van der Waals surface area contributed by atoms with E-state index in [-0.39, 0.29) is 29.5 Å². The van der Waals surface area contributed by atoms with Crippen LogP contribution in [-0.4, -0.2) is 50.7 Å². The first kappa shape index (κ1) is 19.4. The minimum absolute atomic E-state index is 0.0192. The Bertz CT molecular complexity index is 737. The van der Waals surface area contributed by atoms with Crippen molar-refractivity contribution in [2.24, 2.45) is 0 Å². The molecule has 1 aliphatic heterocycles. The molecule has 0 aromatic heterocycles. The molecule has 0 radical (unpaired) electrons. The third-order valence-corrected chi connectivity index (χ3v) is 5.57. The highest BCUT2D eigenvalue weighted by atomic mass is 32.2. The van der Waals surface area contributed by atoms with Crippen LogP contribution in [0.1, 0.15) is 13.3 Å². The maximum absolute atomic E-state index is 12.3. The lowest BCUT2D eigenvalue weighted by atomic mass is 10.0. The smallest absolute Gasteiger partial charge is 0.422 e. The van der Waals surface area contributed by atoms with E-state index in [2.05, 4.69) is 10.6 Å². The Morgan fingerprint density at radius 2 is 2.00 bits per heavy atom. The number of carbonyl (C=O) groups is 1. The van der Waals surface area contributed by atoms with Crippen LogP contribution >= 0.6 is 0 Å². The molecule has 10 heteroatoms. The Hall–Kier alpha value is -1.97. The summed E-state index contributed by atoms with van der Waals surface area (Å²) in [5, 5.41) is 5.36. The van der Waals surface area contributed by atoms with Gasteiger partial charge >= 0.3 is 6.18 Å². The number of nitrogens with one attached hydrogen (secondary N) is 2. The first-order chi connectivity index (χ1) is 11.5. The summed E-state index contributed by atoms with van der Waals surface area (Å²) in [5.74, 6) is -0.588. The molecule has 0 spiro atoms. The Kier molecular flexibility index (Phi) is 5.50. The lowest BCUT2D eigenvalue weighted by Gasteiger charge is -2.24. The van der Waals surface area contributed by atoms with Crippen LogP contribution in [0.2, 0.25) is 0 Å². The summed E-state index contributed by atoms with van der Waals surface area (Å²) in [6.45, 7) is -0.00825. The molecule has 1 heterocycles. The summed E-state index contributed by atoms with van der Waals surface area (Å²) in [4.78, 5) is 12.0. The molecule has 140 valence electrons. The summed E-state index contributed by atoms with van der Waals surface area (Å²) in [6.07, 6.45) is -4.14. The van der Waals surface area contributed by atoms with E-state index in [9.17, 15) is 26.4 Å². The third kappa shape index (κ3) is 6.11. The second kappa shape index (κ2) is 7.11. The summed E-state index contributed by atoms with van der Waals surface area (Å²) in [7, 11) is -3.16. The van der Waals surface area contributed by atoms with Crippen LogP contribution in [0.15, 0.2) is 24.3 Å². The maximum atomic E-state index is 12.3. The lowest BCUT2D eigenvalue weighted by molar-refractivity contribution is -0.153. The normalized spacial score (nSPS) is 22.4. The van der Waals surface area contributed by atoms with Crippen LogP contribution in [-0.2, 0) is 14.6 Å². The van der Waals surface area contributed by atoms with Crippen molar-refractivity contribution in [1.82, 2.24) is 5.32 Å². The van der Waals surface area contributed by atoms with E-state index in [0.29, 0.717) is 6.42 Å². The second-order valence-electron chi connectivity index (χ2n) is 6.20. The van der Waals surface area contributed by atoms with Crippen molar-refractivity contribution in [3.8, 4) is 5.75 Å². The molecule has 1 aromatic rings. The van der Waals surface area contributed by atoms with Crippen molar-refractivity contribution in [2.45, 2.75) is 25.1 Å². The summed E-state index contributed by atoms with van der Waals surface area (Å²) < 4.78 is 64.6. The molecule has 25 heavy (non-hydrogen) atoms. The molecule has 1 aromatic carbocycles. The van der Waals surface area contributed by atoms with Gasteiger partial charge in [-0.15, -0.1) is 0 Å². The van der Waals surface area contributed by atoms with Gasteiger partial charge in [0.2, 0.25) is 5.91 Å². The fourth-order valence-corrected chi connectivity index (χ4v) is 4.66. The Morgan fingerprint density at radius 1 is 1.32 bits per heavy atom. The van der Waals surface area contributed by atoms with E-state index in [1.807, 2.05) is 0 Å². The predicted octanol–water partition coefficient (Wildman–Crippen LogP) is 1.73. The van der Waals surface area contributed by atoms with E-state index in [1.54, 1.807) is 13.0 Å². The van der Waals surface area contributed by atoms with Gasteiger partial charge in [0.25, 0.3) is 0 Å². The van der Waals surface area contributed by atoms with E-state index >= 15 is 0 Å². The number of sulfone groups is 1. The van der Waals surface area contributed by atoms with Gasteiger partial charge in [-0.1, -0.05) is 12.1 Å². The summed E-state index contributed by atoms with van der Waals surface area (Å²) >= 11 is 0. The molecule has 1 amide bonds. The minimum atomic E-state index is -4.47. The van der Waals surface area contributed by atoms with Crippen molar-refractivity contribution in [1.29, 1.82) is 0 Å². The number of ether oxygens (including phenoxy) is 1. The average molecular weight is 380 g/mol. The predicted molar refractivity (Wildman–Crippen MR) is 86.3 cm³/mol. The minimum Gasteiger partial charge on any atom is -0.482 e. The number of hydrogen-bond donors (Lipinski definition) is 2. The van der Waals surface area contributed by atoms with Crippen LogP contribution in [0.3, 0.4) is 0 Å². The lowest BCUT2D eigenvalue weighted by Crippen LogP contribution is -2.48. The number of hydrogen-bond acceptors (Lipinski definition) is 5. The van der Waals surface area contributed by atoms with Crippen LogP contribution in [0, 0.1) is 0 Å². The molecule has 1 aliphatic rings. The van der Waals surface area contributed by atoms with Gasteiger partial charge in [0, 0.05) is 0 Å². The van der Waals surface area contributed by atoms with E-state index in [0.717, 1.165) is 0 Å². The summed E-state index contributed by atoms with van der Waals surface area (Å²) in [5.41, 5.74) is -0.588. The molecule has 1 fully saturated rings. The average Bonchev–Trinajstić information content (AvgIpc) is 2.76. The second-order valence-corrected chi connectivity index (χ2v) is 8.39. The van der Waals surface area contributed by atoms with Crippen molar-refractivity contribution < 1.29 is 31.1 Å². The molecule has 0 bridgehead atoms. The van der Waals surface area contributed by atoms with Crippen LogP contribution in [0.5, 0.6) is 5.75 Å². The molecular weight excluding hydrogens is 361 g/mol. The van der Waals surface area contributed by atoms with Crippen molar-refractivity contribution in [2.75, 3.05) is 30.0 Å². The Labute approximate surface area is 143 Å². The quantitative estimate of drug-likeness (QED) is 0.785.